The molecule has 3 heterocycles. The normalized spacial score (nSPS) is 13.0. The van der Waals surface area contributed by atoms with Crippen LogP contribution in [0.5, 0.6) is 11.5 Å². The Morgan fingerprint density at radius 3 is 2.84 bits per heavy atom. The number of carbonyl (C=O) groups is 1. The Morgan fingerprint density at radius 1 is 1.24 bits per heavy atom. The minimum atomic E-state index is -0.496. The van der Waals surface area contributed by atoms with Crippen LogP contribution in [0, 0.1) is 0 Å². The summed E-state index contributed by atoms with van der Waals surface area (Å²) < 4.78 is 11.2. The van der Waals surface area contributed by atoms with E-state index in [1.165, 1.54) is 16.1 Å². The van der Waals surface area contributed by atoms with E-state index in [2.05, 4.69) is 15.4 Å². The SMILES string of the molecule is O=C(CO)c1ccc(Cn2nnc(-c3scc4c3OCCO4)n2)cc1. The molecule has 25 heavy (non-hydrogen) atoms. The molecule has 0 bridgehead atoms. The molecule has 0 amide bonds. The van der Waals surface area contributed by atoms with E-state index in [0.29, 0.717) is 42.6 Å². The molecule has 8 nitrogen and oxygen atoms in total. The predicted molar refractivity (Wildman–Crippen MR) is 89.1 cm³/mol. The number of hydrogen-bond donors (Lipinski definition) is 1. The van der Waals surface area contributed by atoms with Crippen LogP contribution >= 0.6 is 11.3 Å². The molecule has 1 aliphatic heterocycles. The van der Waals surface area contributed by atoms with E-state index in [1.807, 2.05) is 5.38 Å². The van der Waals surface area contributed by atoms with Crippen molar-refractivity contribution in [3.63, 3.8) is 0 Å². The lowest BCUT2D eigenvalue weighted by Crippen LogP contribution is -2.14. The Morgan fingerprint density at radius 2 is 2.04 bits per heavy atom. The summed E-state index contributed by atoms with van der Waals surface area (Å²) in [4.78, 5) is 13.7. The average molecular weight is 358 g/mol. The maximum absolute atomic E-state index is 11.4. The van der Waals surface area contributed by atoms with Crippen LogP contribution in [0.3, 0.4) is 0 Å². The molecular formula is C16H14N4O4S. The molecule has 0 saturated carbocycles. The number of tetrazole rings is 1. The predicted octanol–water partition coefficient (Wildman–Crippen LogP) is 1.40. The molecule has 0 atom stereocenters. The third-order valence-electron chi connectivity index (χ3n) is 3.70. The lowest BCUT2D eigenvalue weighted by molar-refractivity contribution is 0.0903. The average Bonchev–Trinajstić information content (AvgIpc) is 3.28. The van der Waals surface area contributed by atoms with Crippen LogP contribution in [0.4, 0.5) is 0 Å². The highest BCUT2D eigenvalue weighted by atomic mass is 32.1. The summed E-state index contributed by atoms with van der Waals surface area (Å²) in [6, 6.07) is 6.95. The van der Waals surface area contributed by atoms with Gasteiger partial charge in [0, 0.05) is 10.9 Å². The molecule has 128 valence electrons. The second kappa shape index (κ2) is 6.61. The molecule has 2 aromatic heterocycles. The Labute approximate surface area is 146 Å². The highest BCUT2D eigenvalue weighted by Gasteiger charge is 2.22. The lowest BCUT2D eigenvalue weighted by Gasteiger charge is -2.15. The van der Waals surface area contributed by atoms with Crippen molar-refractivity contribution >= 4 is 17.1 Å². The number of rotatable bonds is 5. The molecule has 0 radical (unpaired) electrons. The van der Waals surface area contributed by atoms with Crippen molar-refractivity contribution in [3.8, 4) is 22.2 Å². The van der Waals surface area contributed by atoms with Crippen LogP contribution < -0.4 is 9.47 Å². The Hall–Kier alpha value is -2.78. The number of fused-ring (bicyclic) bond motifs is 1. The quantitative estimate of drug-likeness (QED) is 0.688. The van der Waals surface area contributed by atoms with Crippen molar-refractivity contribution in [3.05, 3.63) is 40.8 Å². The second-order valence-electron chi connectivity index (χ2n) is 5.38. The number of ketones is 1. The zero-order valence-electron chi connectivity index (χ0n) is 13.1. The molecule has 0 spiro atoms. The molecule has 0 saturated heterocycles. The van der Waals surface area contributed by atoms with Gasteiger partial charge in [0.1, 0.15) is 24.7 Å². The first kappa shape index (κ1) is 15.7. The van der Waals surface area contributed by atoms with Gasteiger partial charge in [-0.3, -0.25) is 4.79 Å². The van der Waals surface area contributed by atoms with Crippen LogP contribution in [0.2, 0.25) is 0 Å². The number of hydrogen-bond acceptors (Lipinski definition) is 8. The molecule has 4 rings (SSSR count). The number of nitrogens with zero attached hydrogens (tertiary/aromatic N) is 4. The van der Waals surface area contributed by atoms with Gasteiger partial charge in [0.15, 0.2) is 17.3 Å². The number of carbonyl (C=O) groups excluding carboxylic acids is 1. The van der Waals surface area contributed by atoms with Crippen LogP contribution in [0.15, 0.2) is 29.6 Å². The van der Waals surface area contributed by atoms with Gasteiger partial charge in [-0.1, -0.05) is 24.3 Å². The number of benzene rings is 1. The molecule has 1 N–H and O–H groups in total. The van der Waals surface area contributed by atoms with Crippen LogP contribution in [0.25, 0.3) is 10.7 Å². The molecule has 9 heteroatoms. The topological polar surface area (TPSA) is 99.4 Å². The molecular weight excluding hydrogens is 344 g/mol. The van der Waals surface area contributed by atoms with Gasteiger partial charge in [-0.15, -0.1) is 21.5 Å². The highest BCUT2D eigenvalue weighted by Crippen LogP contribution is 2.44. The van der Waals surface area contributed by atoms with Crippen molar-refractivity contribution in [2.45, 2.75) is 6.54 Å². The van der Waals surface area contributed by atoms with Gasteiger partial charge >= 0.3 is 0 Å². The smallest absolute Gasteiger partial charge is 0.218 e. The highest BCUT2D eigenvalue weighted by molar-refractivity contribution is 7.14. The fraction of sp³-hybridized carbons (Fsp3) is 0.250. The second-order valence-corrected chi connectivity index (χ2v) is 6.26. The maximum atomic E-state index is 11.4. The standard InChI is InChI=1S/C16H14N4O4S/c21-8-12(22)11-3-1-10(2-4-11)7-20-18-16(17-19-20)15-14-13(9-25-15)23-5-6-24-14/h1-4,9,21H,5-8H2. The summed E-state index contributed by atoms with van der Waals surface area (Å²) in [7, 11) is 0. The first-order valence-corrected chi connectivity index (χ1v) is 8.51. The van der Waals surface area contributed by atoms with E-state index < -0.39 is 6.61 Å². The molecule has 0 unspecified atom stereocenters. The third kappa shape index (κ3) is 3.11. The van der Waals surface area contributed by atoms with Crippen LogP contribution in [-0.4, -0.2) is 50.9 Å². The van der Waals surface area contributed by atoms with E-state index >= 15 is 0 Å². The first-order valence-electron chi connectivity index (χ1n) is 7.63. The number of aliphatic hydroxyl groups excluding tert-OH is 1. The number of Topliss-reactive ketones (excluding diaryl/α,β-unsaturated/α-hetero) is 1. The fourth-order valence-electron chi connectivity index (χ4n) is 2.47. The molecule has 1 aliphatic rings. The third-order valence-corrected chi connectivity index (χ3v) is 4.64. The Bertz CT molecular complexity index is 903. The van der Waals surface area contributed by atoms with Gasteiger partial charge in [0.25, 0.3) is 0 Å². The van der Waals surface area contributed by atoms with Gasteiger partial charge in [0.05, 0.1) is 6.54 Å². The Balaban J connectivity index is 1.52. The summed E-state index contributed by atoms with van der Waals surface area (Å²) in [5.74, 6) is 1.57. The van der Waals surface area contributed by atoms with Gasteiger partial charge in [0.2, 0.25) is 5.82 Å². The minimum Gasteiger partial charge on any atom is -0.485 e. The largest absolute Gasteiger partial charge is 0.485 e. The van der Waals surface area contributed by atoms with Crippen molar-refractivity contribution in [1.82, 2.24) is 20.2 Å². The monoisotopic (exact) mass is 358 g/mol. The minimum absolute atomic E-state index is 0.308. The van der Waals surface area contributed by atoms with E-state index in [4.69, 9.17) is 14.6 Å². The number of aliphatic hydroxyl groups is 1. The fourth-order valence-corrected chi connectivity index (χ4v) is 3.32. The van der Waals surface area contributed by atoms with E-state index in [1.54, 1.807) is 24.3 Å². The zero-order valence-corrected chi connectivity index (χ0v) is 13.9. The van der Waals surface area contributed by atoms with Crippen molar-refractivity contribution < 1.29 is 19.4 Å². The van der Waals surface area contributed by atoms with Crippen molar-refractivity contribution in [1.29, 1.82) is 0 Å². The van der Waals surface area contributed by atoms with E-state index in [9.17, 15) is 4.79 Å². The number of aromatic nitrogens is 4. The van der Waals surface area contributed by atoms with E-state index in [0.717, 1.165) is 10.4 Å². The molecule has 3 aromatic rings. The van der Waals surface area contributed by atoms with Crippen LogP contribution in [0.1, 0.15) is 15.9 Å². The summed E-state index contributed by atoms with van der Waals surface area (Å²) in [5, 5.41) is 23.3. The number of thiophene rings is 1. The van der Waals surface area contributed by atoms with Gasteiger partial charge in [-0.25, -0.2) is 0 Å². The molecule has 0 aliphatic carbocycles. The zero-order chi connectivity index (χ0) is 17.2. The molecule has 0 fully saturated rings. The van der Waals surface area contributed by atoms with Crippen LogP contribution in [-0.2, 0) is 6.54 Å². The van der Waals surface area contributed by atoms with Gasteiger partial charge in [-0.05, 0) is 10.8 Å². The lowest BCUT2D eigenvalue weighted by atomic mass is 10.1. The van der Waals surface area contributed by atoms with Crippen molar-refractivity contribution in [2.75, 3.05) is 19.8 Å². The maximum Gasteiger partial charge on any atom is 0.218 e. The number of ether oxygens (including phenoxy) is 2. The summed E-state index contributed by atoms with van der Waals surface area (Å²) in [6.07, 6.45) is 0. The van der Waals surface area contributed by atoms with Gasteiger partial charge < -0.3 is 14.6 Å². The van der Waals surface area contributed by atoms with Crippen molar-refractivity contribution in [2.24, 2.45) is 0 Å². The van der Waals surface area contributed by atoms with E-state index in [-0.39, 0.29) is 5.78 Å². The summed E-state index contributed by atoms with van der Waals surface area (Å²) in [6.45, 7) is 0.970. The molecule has 1 aromatic carbocycles. The van der Waals surface area contributed by atoms with Gasteiger partial charge in [-0.2, -0.15) is 4.80 Å². The first-order chi connectivity index (χ1) is 12.2. The summed E-state index contributed by atoms with van der Waals surface area (Å²) >= 11 is 1.46. The summed E-state index contributed by atoms with van der Waals surface area (Å²) in [5.41, 5.74) is 1.40. The Kier molecular flexibility index (Phi) is 4.16.